The number of aromatic nitrogens is 1. The van der Waals surface area contributed by atoms with Gasteiger partial charge in [-0.25, -0.2) is 0 Å². The fourth-order valence-electron chi connectivity index (χ4n) is 1.36. The molecule has 0 aliphatic carbocycles. The number of aliphatic carboxylic acids is 1. The van der Waals surface area contributed by atoms with Gasteiger partial charge in [-0.3, -0.25) is 9.78 Å². The third-order valence-electron chi connectivity index (χ3n) is 2.01. The van der Waals surface area contributed by atoms with Gasteiger partial charge in [-0.2, -0.15) is 0 Å². The largest absolute Gasteiger partial charge is 0.481 e. The van der Waals surface area contributed by atoms with Gasteiger partial charge in [-0.1, -0.05) is 11.6 Å². The van der Waals surface area contributed by atoms with E-state index in [1.54, 1.807) is 24.4 Å². The number of pyridine rings is 1. The molecule has 0 unspecified atom stereocenters. The predicted octanol–water partition coefficient (Wildman–Crippen LogP) is 3.06. The lowest BCUT2D eigenvalue weighted by molar-refractivity contribution is -0.133. The Morgan fingerprint density at radius 1 is 1.44 bits per heavy atom. The summed E-state index contributed by atoms with van der Waals surface area (Å²) in [5.41, 5.74) is 0.819. The lowest BCUT2D eigenvalue weighted by Crippen LogP contribution is -1.97. The molecule has 0 aliphatic heterocycles. The third-order valence-corrected chi connectivity index (χ3v) is 3.31. The third kappa shape index (κ3) is 2.46. The zero-order valence-electron chi connectivity index (χ0n) is 8.18. The number of hydrogen-bond donors (Lipinski definition) is 1. The van der Waals surface area contributed by atoms with Crippen molar-refractivity contribution in [1.82, 2.24) is 4.98 Å². The second kappa shape index (κ2) is 4.72. The molecule has 1 heterocycles. The smallest absolute Gasteiger partial charge is 0.313 e. The summed E-state index contributed by atoms with van der Waals surface area (Å²) in [7, 11) is 0. The van der Waals surface area contributed by atoms with Gasteiger partial charge in [0.05, 0.1) is 11.3 Å². The average molecular weight is 254 g/mol. The summed E-state index contributed by atoms with van der Waals surface area (Å²) in [6.45, 7) is 0. The van der Waals surface area contributed by atoms with Gasteiger partial charge in [-0.15, -0.1) is 11.8 Å². The van der Waals surface area contributed by atoms with Crippen molar-refractivity contribution in [2.24, 2.45) is 0 Å². The molecule has 0 saturated carbocycles. The van der Waals surface area contributed by atoms with Gasteiger partial charge in [0, 0.05) is 21.5 Å². The molecule has 0 atom stereocenters. The summed E-state index contributed by atoms with van der Waals surface area (Å²) in [4.78, 5) is 15.6. The number of fused-ring (bicyclic) bond motifs is 1. The maximum atomic E-state index is 10.5. The Labute approximate surface area is 101 Å². The number of carboxylic acid groups (broad SMARTS) is 1. The summed E-state index contributed by atoms with van der Waals surface area (Å²) in [6, 6.07) is 7.19. The number of carboxylic acids is 1. The van der Waals surface area contributed by atoms with Crippen LogP contribution in [0.1, 0.15) is 0 Å². The van der Waals surface area contributed by atoms with Crippen molar-refractivity contribution >= 4 is 40.2 Å². The number of nitrogens with zero attached hydrogens (tertiary/aromatic N) is 1. The molecular formula is C11H8ClNO2S. The quantitative estimate of drug-likeness (QED) is 0.854. The zero-order valence-corrected chi connectivity index (χ0v) is 9.76. The Kier molecular flexibility index (Phi) is 3.31. The first-order chi connectivity index (χ1) is 7.66. The molecule has 0 radical (unpaired) electrons. The maximum Gasteiger partial charge on any atom is 0.313 e. The van der Waals surface area contributed by atoms with Crippen LogP contribution < -0.4 is 0 Å². The number of benzene rings is 1. The first-order valence-electron chi connectivity index (χ1n) is 4.55. The Morgan fingerprint density at radius 2 is 2.25 bits per heavy atom. The normalized spacial score (nSPS) is 10.6. The molecule has 0 amide bonds. The van der Waals surface area contributed by atoms with E-state index in [9.17, 15) is 4.79 Å². The van der Waals surface area contributed by atoms with Crippen LogP contribution in [0.2, 0.25) is 5.02 Å². The lowest BCUT2D eigenvalue weighted by atomic mass is 10.2. The van der Waals surface area contributed by atoms with Crippen LogP contribution in [0.3, 0.4) is 0 Å². The summed E-state index contributed by atoms with van der Waals surface area (Å²) < 4.78 is 0. The van der Waals surface area contributed by atoms with E-state index in [1.807, 2.05) is 6.07 Å². The van der Waals surface area contributed by atoms with Crippen LogP contribution in [-0.2, 0) is 4.79 Å². The molecule has 0 aliphatic rings. The van der Waals surface area contributed by atoms with Crippen molar-refractivity contribution in [3.63, 3.8) is 0 Å². The fraction of sp³-hybridized carbons (Fsp3) is 0.0909. The zero-order chi connectivity index (χ0) is 11.5. The number of carbonyl (C=O) groups is 1. The van der Waals surface area contributed by atoms with E-state index in [2.05, 4.69) is 4.98 Å². The van der Waals surface area contributed by atoms with E-state index in [0.717, 1.165) is 15.8 Å². The molecule has 0 saturated heterocycles. The highest BCUT2D eigenvalue weighted by atomic mass is 35.5. The molecule has 2 rings (SSSR count). The molecule has 1 aromatic carbocycles. The standard InChI is InChI=1S/C11H8ClNO2S/c12-7-1-2-9-8(5-7)10(3-4-13-9)16-6-11(14)15/h1-5H,6H2,(H,14,15). The molecule has 1 N–H and O–H groups in total. The molecular weight excluding hydrogens is 246 g/mol. The van der Waals surface area contributed by atoms with Crippen LogP contribution in [0, 0.1) is 0 Å². The molecule has 0 fully saturated rings. The number of halogens is 1. The Morgan fingerprint density at radius 3 is 3.00 bits per heavy atom. The van der Waals surface area contributed by atoms with Crippen LogP contribution in [0.5, 0.6) is 0 Å². The molecule has 3 nitrogen and oxygen atoms in total. The van der Waals surface area contributed by atoms with E-state index in [-0.39, 0.29) is 5.75 Å². The van der Waals surface area contributed by atoms with Crippen molar-refractivity contribution in [3.8, 4) is 0 Å². The maximum absolute atomic E-state index is 10.5. The van der Waals surface area contributed by atoms with Crippen molar-refractivity contribution in [3.05, 3.63) is 35.5 Å². The predicted molar refractivity (Wildman–Crippen MR) is 65.1 cm³/mol. The van der Waals surface area contributed by atoms with Gasteiger partial charge in [0.1, 0.15) is 0 Å². The van der Waals surface area contributed by atoms with Crippen molar-refractivity contribution in [2.75, 3.05) is 5.75 Å². The van der Waals surface area contributed by atoms with Crippen molar-refractivity contribution < 1.29 is 9.90 Å². The second-order valence-electron chi connectivity index (χ2n) is 3.15. The highest BCUT2D eigenvalue weighted by Crippen LogP contribution is 2.28. The Bertz CT molecular complexity index is 544. The molecule has 16 heavy (non-hydrogen) atoms. The number of rotatable bonds is 3. The summed E-state index contributed by atoms with van der Waals surface area (Å²) >= 11 is 7.17. The molecule has 2 aromatic rings. The van der Waals surface area contributed by atoms with E-state index in [0.29, 0.717) is 5.02 Å². The Hall–Kier alpha value is -1.26. The summed E-state index contributed by atoms with van der Waals surface area (Å²) in [6.07, 6.45) is 1.67. The van der Waals surface area contributed by atoms with E-state index >= 15 is 0 Å². The van der Waals surface area contributed by atoms with Crippen LogP contribution in [-0.4, -0.2) is 21.8 Å². The number of hydrogen-bond acceptors (Lipinski definition) is 3. The minimum Gasteiger partial charge on any atom is -0.481 e. The van der Waals surface area contributed by atoms with Gasteiger partial charge in [-0.05, 0) is 24.3 Å². The fourth-order valence-corrected chi connectivity index (χ4v) is 2.29. The van der Waals surface area contributed by atoms with Gasteiger partial charge < -0.3 is 5.11 Å². The molecule has 0 spiro atoms. The van der Waals surface area contributed by atoms with Gasteiger partial charge in [0.25, 0.3) is 0 Å². The summed E-state index contributed by atoms with van der Waals surface area (Å²) in [5.74, 6) is -0.803. The summed E-state index contributed by atoms with van der Waals surface area (Å²) in [5, 5.41) is 10.2. The van der Waals surface area contributed by atoms with Gasteiger partial charge >= 0.3 is 5.97 Å². The molecule has 5 heteroatoms. The van der Waals surface area contributed by atoms with Crippen LogP contribution >= 0.6 is 23.4 Å². The number of thioether (sulfide) groups is 1. The van der Waals surface area contributed by atoms with Gasteiger partial charge in [0.2, 0.25) is 0 Å². The van der Waals surface area contributed by atoms with Crippen LogP contribution in [0.25, 0.3) is 10.9 Å². The lowest BCUT2D eigenvalue weighted by Gasteiger charge is -2.04. The first kappa shape index (κ1) is 11.2. The molecule has 82 valence electrons. The van der Waals surface area contributed by atoms with Gasteiger partial charge in [0.15, 0.2) is 0 Å². The van der Waals surface area contributed by atoms with Crippen molar-refractivity contribution in [2.45, 2.75) is 4.90 Å². The Balaban J connectivity index is 2.43. The van der Waals surface area contributed by atoms with Crippen LogP contribution in [0.15, 0.2) is 35.4 Å². The highest BCUT2D eigenvalue weighted by molar-refractivity contribution is 8.00. The first-order valence-corrected chi connectivity index (χ1v) is 5.92. The minimum atomic E-state index is -0.836. The second-order valence-corrected chi connectivity index (χ2v) is 4.61. The average Bonchev–Trinajstić information content (AvgIpc) is 2.26. The molecule has 1 aromatic heterocycles. The SMILES string of the molecule is O=C(O)CSc1ccnc2ccc(Cl)cc12. The monoisotopic (exact) mass is 253 g/mol. The van der Waals surface area contributed by atoms with Crippen LogP contribution in [0.4, 0.5) is 0 Å². The minimum absolute atomic E-state index is 0.0334. The van der Waals surface area contributed by atoms with E-state index < -0.39 is 5.97 Å². The van der Waals surface area contributed by atoms with E-state index in [4.69, 9.17) is 16.7 Å². The topological polar surface area (TPSA) is 50.2 Å². The molecule has 0 bridgehead atoms. The van der Waals surface area contributed by atoms with Crippen molar-refractivity contribution in [1.29, 1.82) is 0 Å². The highest BCUT2D eigenvalue weighted by Gasteiger charge is 2.05. The van der Waals surface area contributed by atoms with E-state index in [1.165, 1.54) is 11.8 Å².